The van der Waals surface area contributed by atoms with Crippen molar-refractivity contribution >= 4 is 15.0 Å². The van der Waals surface area contributed by atoms with Crippen LogP contribution >= 0.6 is 0 Å². The zero-order valence-corrected chi connectivity index (χ0v) is 20.2. The van der Waals surface area contributed by atoms with E-state index in [4.69, 9.17) is 18.3 Å². The monoisotopic (exact) mass is 447 g/mol. The molecule has 0 heterocycles. The van der Waals surface area contributed by atoms with Gasteiger partial charge in [-0.1, -0.05) is 91.0 Å². The van der Waals surface area contributed by atoms with Gasteiger partial charge in [-0.15, -0.1) is 0 Å². The molecule has 0 amide bonds. The maximum Gasteiger partial charge on any atom is 0.500 e. The number of nitrogens with zero attached hydrogens (tertiary/aromatic N) is 1. The number of hydrogen-bond acceptors (Lipinski definition) is 4. The predicted molar refractivity (Wildman–Crippen MR) is 133 cm³/mol. The van der Waals surface area contributed by atoms with Crippen LogP contribution in [0.5, 0.6) is 0 Å². The van der Waals surface area contributed by atoms with Gasteiger partial charge in [0.05, 0.1) is 0 Å². The normalized spacial score (nSPS) is 12.3. The van der Waals surface area contributed by atoms with Gasteiger partial charge in [-0.25, -0.2) is 0 Å². The fourth-order valence-electron chi connectivity index (χ4n) is 4.26. The lowest BCUT2D eigenvalue weighted by Gasteiger charge is -2.35. The second kappa shape index (κ2) is 11.9. The van der Waals surface area contributed by atoms with Gasteiger partial charge in [-0.05, 0) is 23.1 Å². The van der Waals surface area contributed by atoms with Crippen molar-refractivity contribution in [1.82, 2.24) is 0 Å². The summed E-state index contributed by atoms with van der Waals surface area (Å²) in [6.45, 7) is 0.708. The Morgan fingerprint density at radius 2 is 1.09 bits per heavy atom. The fourth-order valence-corrected chi connectivity index (χ4v) is 5.96. The summed E-state index contributed by atoms with van der Waals surface area (Å²) in [7, 11) is 2.40. The Balaban J connectivity index is 1.88. The van der Waals surface area contributed by atoms with Gasteiger partial charge < -0.3 is 13.3 Å². The van der Waals surface area contributed by atoms with Gasteiger partial charge in [0.15, 0.2) is 0 Å². The Labute approximate surface area is 193 Å². The van der Waals surface area contributed by atoms with E-state index in [0.29, 0.717) is 6.54 Å². The third kappa shape index (κ3) is 5.42. The average molecular weight is 448 g/mol. The van der Waals surface area contributed by atoms with Crippen molar-refractivity contribution in [3.63, 3.8) is 0 Å². The minimum absolute atomic E-state index is 0.308. The molecule has 168 valence electrons. The van der Waals surface area contributed by atoms with Crippen molar-refractivity contribution in [2.24, 2.45) is 4.99 Å². The third-order valence-corrected chi connectivity index (χ3v) is 8.86. The summed E-state index contributed by atoms with van der Waals surface area (Å²) in [6, 6.07) is 32.9. The van der Waals surface area contributed by atoms with E-state index in [1.54, 1.807) is 21.3 Å². The lowest BCUT2D eigenvalue weighted by atomic mass is 9.67. The fraction of sp³-hybridized carbons (Fsp3) is 0.296. The van der Waals surface area contributed by atoms with Crippen LogP contribution in [0.4, 0.5) is 0 Å². The van der Waals surface area contributed by atoms with E-state index in [9.17, 15) is 0 Å². The van der Waals surface area contributed by atoms with Crippen molar-refractivity contribution in [3.05, 3.63) is 108 Å². The molecule has 0 aliphatic rings. The van der Waals surface area contributed by atoms with Crippen molar-refractivity contribution in [1.29, 1.82) is 0 Å². The minimum Gasteiger partial charge on any atom is -0.377 e. The number of rotatable bonds is 12. The molecule has 0 aliphatic carbocycles. The summed E-state index contributed by atoms with van der Waals surface area (Å²) < 4.78 is 16.5. The van der Waals surface area contributed by atoms with Gasteiger partial charge >= 0.3 is 8.80 Å². The van der Waals surface area contributed by atoms with E-state index in [-0.39, 0.29) is 5.41 Å². The molecular formula is C27H33NO3Si. The summed E-state index contributed by atoms with van der Waals surface area (Å²) >= 11 is 0. The highest BCUT2D eigenvalue weighted by atomic mass is 28.4. The average Bonchev–Trinajstić information content (AvgIpc) is 2.88. The molecule has 0 aromatic heterocycles. The van der Waals surface area contributed by atoms with Crippen LogP contribution in [0.2, 0.25) is 6.04 Å². The molecule has 5 heteroatoms. The second-order valence-electron chi connectivity index (χ2n) is 7.70. The van der Waals surface area contributed by atoms with Crippen LogP contribution in [-0.2, 0) is 18.7 Å². The van der Waals surface area contributed by atoms with Crippen LogP contribution in [0.1, 0.15) is 29.5 Å². The third-order valence-electron chi connectivity index (χ3n) is 6.03. The van der Waals surface area contributed by atoms with E-state index >= 15 is 0 Å². The standard InChI is InChI=1S/C27H33NO3Si/c1-29-32(30-2,31-3)23-13-21-28-22-20-27(24-14-7-4-8-15-24,25-16-9-5-10-17-25)26-18-11-6-12-19-26/h4-12,14-19,22H,13,20-21,23H2,1-3H3. The van der Waals surface area contributed by atoms with E-state index in [1.165, 1.54) is 16.7 Å². The maximum absolute atomic E-state index is 5.51. The Bertz CT molecular complexity index is 839. The molecule has 3 aromatic carbocycles. The summed E-state index contributed by atoms with van der Waals surface area (Å²) in [5.74, 6) is 0. The highest BCUT2D eigenvalue weighted by Crippen LogP contribution is 2.41. The predicted octanol–water partition coefficient (Wildman–Crippen LogP) is 5.75. The van der Waals surface area contributed by atoms with Crippen LogP contribution in [-0.4, -0.2) is 42.9 Å². The highest BCUT2D eigenvalue weighted by molar-refractivity contribution is 6.60. The molecule has 4 nitrogen and oxygen atoms in total. The van der Waals surface area contributed by atoms with E-state index in [1.807, 2.05) is 0 Å². The topological polar surface area (TPSA) is 40.0 Å². The zero-order valence-electron chi connectivity index (χ0n) is 19.2. The quantitative estimate of drug-likeness (QED) is 0.154. The van der Waals surface area contributed by atoms with Crippen molar-refractivity contribution in [2.75, 3.05) is 27.9 Å². The molecule has 0 saturated carbocycles. The summed E-state index contributed by atoms with van der Waals surface area (Å²) in [5.41, 5.74) is 3.47. The SMILES string of the molecule is CO[Si](CCCN=CCC(c1ccccc1)(c1ccccc1)c1ccccc1)(OC)OC. The van der Waals surface area contributed by atoms with Crippen molar-refractivity contribution < 1.29 is 13.3 Å². The molecule has 0 radical (unpaired) electrons. The first-order chi connectivity index (χ1) is 15.7. The minimum atomic E-state index is -2.55. The molecule has 0 aliphatic heterocycles. The largest absolute Gasteiger partial charge is 0.500 e. The second-order valence-corrected chi connectivity index (χ2v) is 10.8. The van der Waals surface area contributed by atoms with Crippen molar-refractivity contribution in [3.8, 4) is 0 Å². The lowest BCUT2D eigenvalue weighted by molar-refractivity contribution is 0.123. The molecular weight excluding hydrogens is 414 g/mol. The molecule has 3 rings (SSSR count). The molecule has 0 saturated heterocycles. The van der Waals surface area contributed by atoms with E-state index in [2.05, 4.69) is 97.2 Å². The number of hydrogen-bond donors (Lipinski definition) is 0. The Kier molecular flexibility index (Phi) is 8.94. The molecule has 0 fully saturated rings. The molecule has 0 N–H and O–H groups in total. The van der Waals surface area contributed by atoms with Crippen LogP contribution in [0, 0.1) is 0 Å². The molecule has 0 bridgehead atoms. The van der Waals surface area contributed by atoms with Gasteiger partial charge in [-0.3, -0.25) is 4.99 Å². The molecule has 0 unspecified atom stereocenters. The van der Waals surface area contributed by atoms with E-state index in [0.717, 1.165) is 18.9 Å². The first-order valence-corrected chi connectivity index (χ1v) is 12.9. The summed E-state index contributed by atoms with van der Waals surface area (Å²) in [5, 5.41) is 0. The Hall–Kier alpha value is -2.57. The smallest absolute Gasteiger partial charge is 0.377 e. The lowest BCUT2D eigenvalue weighted by Crippen LogP contribution is -2.42. The van der Waals surface area contributed by atoms with Crippen molar-refractivity contribution in [2.45, 2.75) is 24.3 Å². The first-order valence-electron chi connectivity index (χ1n) is 11.0. The van der Waals surface area contributed by atoms with Crippen LogP contribution in [0.3, 0.4) is 0 Å². The summed E-state index contributed by atoms with van der Waals surface area (Å²) in [4.78, 5) is 4.77. The Morgan fingerprint density at radius 1 is 0.688 bits per heavy atom. The molecule has 0 spiro atoms. The van der Waals surface area contributed by atoms with Crippen LogP contribution in [0.25, 0.3) is 0 Å². The van der Waals surface area contributed by atoms with Gasteiger partial charge in [0.1, 0.15) is 0 Å². The van der Waals surface area contributed by atoms with Crippen LogP contribution in [0.15, 0.2) is 96.0 Å². The van der Waals surface area contributed by atoms with Gasteiger partial charge in [-0.2, -0.15) is 0 Å². The number of aliphatic imine (C=N–C) groups is 1. The zero-order chi connectivity index (χ0) is 22.7. The van der Waals surface area contributed by atoms with Gasteiger partial charge in [0, 0.05) is 52.0 Å². The maximum atomic E-state index is 5.51. The molecule has 3 aromatic rings. The highest BCUT2D eigenvalue weighted by Gasteiger charge is 2.37. The van der Waals surface area contributed by atoms with E-state index < -0.39 is 8.80 Å². The molecule has 0 atom stereocenters. The Morgan fingerprint density at radius 3 is 1.47 bits per heavy atom. The van der Waals surface area contributed by atoms with Crippen LogP contribution < -0.4 is 0 Å². The van der Waals surface area contributed by atoms with Gasteiger partial charge in [0.2, 0.25) is 0 Å². The van der Waals surface area contributed by atoms with Gasteiger partial charge in [0.25, 0.3) is 0 Å². The molecule has 32 heavy (non-hydrogen) atoms. The summed E-state index contributed by atoms with van der Waals surface area (Å²) in [6.07, 6.45) is 3.70. The number of benzene rings is 3. The first kappa shape index (κ1) is 24.1.